The summed E-state index contributed by atoms with van der Waals surface area (Å²) in [6.45, 7) is 0. The Bertz CT molecular complexity index is 585. The van der Waals surface area contributed by atoms with E-state index in [2.05, 4.69) is 4.98 Å². The summed E-state index contributed by atoms with van der Waals surface area (Å²) in [6.07, 6.45) is 0. The lowest BCUT2D eigenvalue weighted by atomic mass is 10.1. The fourth-order valence-corrected chi connectivity index (χ4v) is 3.03. The van der Waals surface area contributed by atoms with E-state index in [9.17, 15) is 9.18 Å². The molecule has 4 nitrogen and oxygen atoms in total. The van der Waals surface area contributed by atoms with E-state index in [0.717, 1.165) is 0 Å². The van der Waals surface area contributed by atoms with E-state index in [1.165, 1.54) is 29.2 Å². The number of benzene rings is 1. The van der Waals surface area contributed by atoms with Gasteiger partial charge in [-0.15, -0.1) is 0 Å². The zero-order chi connectivity index (χ0) is 13.1. The second-order valence-electron chi connectivity index (χ2n) is 3.43. The number of rotatable bonds is 4. The summed E-state index contributed by atoms with van der Waals surface area (Å²) in [5.41, 5.74) is 11.6. The molecule has 2 rings (SSSR count). The Morgan fingerprint density at radius 2 is 2.17 bits per heavy atom. The van der Waals surface area contributed by atoms with Crippen LogP contribution in [0.15, 0.2) is 28.6 Å². The summed E-state index contributed by atoms with van der Waals surface area (Å²) in [6, 6.07) is 6.28. The highest BCUT2D eigenvalue weighted by atomic mass is 32.2. The third kappa shape index (κ3) is 2.80. The predicted octanol–water partition coefficient (Wildman–Crippen LogP) is 2.11. The van der Waals surface area contributed by atoms with Crippen molar-refractivity contribution in [2.24, 2.45) is 5.73 Å². The smallest absolute Gasteiger partial charge is 0.227 e. The summed E-state index contributed by atoms with van der Waals surface area (Å²) < 4.78 is 14.2. The number of nitrogen functional groups attached to an aromatic ring is 1. The van der Waals surface area contributed by atoms with E-state index >= 15 is 0 Å². The molecule has 1 heterocycles. The predicted molar refractivity (Wildman–Crippen MR) is 71.8 cm³/mol. The number of primary amides is 1. The van der Waals surface area contributed by atoms with Crippen LogP contribution in [-0.2, 0) is 4.79 Å². The van der Waals surface area contributed by atoms with E-state index in [1.54, 1.807) is 18.2 Å². The lowest BCUT2D eigenvalue weighted by Crippen LogP contribution is -2.12. The highest BCUT2D eigenvalue weighted by Gasteiger charge is 2.14. The van der Waals surface area contributed by atoms with Gasteiger partial charge in [0.2, 0.25) is 5.91 Å². The Hall–Kier alpha value is -1.60. The van der Waals surface area contributed by atoms with Crippen LogP contribution in [0, 0.1) is 5.82 Å². The Morgan fingerprint density at radius 1 is 1.44 bits per heavy atom. The second-order valence-corrected chi connectivity index (χ2v) is 5.68. The molecule has 0 atom stereocenters. The maximum Gasteiger partial charge on any atom is 0.227 e. The van der Waals surface area contributed by atoms with Crippen LogP contribution in [0.5, 0.6) is 0 Å². The number of hydrogen-bond acceptors (Lipinski definition) is 5. The highest BCUT2D eigenvalue weighted by Crippen LogP contribution is 2.36. The number of halogens is 1. The van der Waals surface area contributed by atoms with Crippen LogP contribution in [0.1, 0.15) is 0 Å². The quantitative estimate of drug-likeness (QED) is 0.842. The molecule has 94 valence electrons. The first-order chi connectivity index (χ1) is 8.58. The van der Waals surface area contributed by atoms with Crippen molar-refractivity contribution in [1.82, 2.24) is 4.98 Å². The maximum atomic E-state index is 13.6. The molecule has 7 heteroatoms. The molecule has 0 fully saturated rings. The van der Waals surface area contributed by atoms with E-state index in [0.29, 0.717) is 20.6 Å². The summed E-state index contributed by atoms with van der Waals surface area (Å²) >= 11 is 2.41. The second kappa shape index (κ2) is 5.36. The number of carbonyl (C=O) groups excluding carboxylic acids is 1. The normalized spacial score (nSPS) is 10.5. The van der Waals surface area contributed by atoms with Crippen molar-refractivity contribution < 1.29 is 9.18 Å². The van der Waals surface area contributed by atoms with Gasteiger partial charge in [0, 0.05) is 5.56 Å². The lowest BCUT2D eigenvalue weighted by molar-refractivity contribution is -0.115. The molecule has 1 aromatic carbocycles. The first kappa shape index (κ1) is 12.8. The van der Waals surface area contributed by atoms with Crippen LogP contribution in [0.3, 0.4) is 0 Å². The van der Waals surface area contributed by atoms with Gasteiger partial charge in [-0.05, 0) is 12.1 Å². The molecule has 0 saturated heterocycles. The molecule has 2 aromatic rings. The molecule has 4 N–H and O–H groups in total. The Balaban J connectivity index is 2.30. The van der Waals surface area contributed by atoms with Gasteiger partial charge < -0.3 is 11.5 Å². The number of anilines is 1. The van der Waals surface area contributed by atoms with Crippen molar-refractivity contribution >= 4 is 34.0 Å². The molecule has 0 radical (unpaired) electrons. The number of hydrogen-bond donors (Lipinski definition) is 2. The molecule has 18 heavy (non-hydrogen) atoms. The van der Waals surface area contributed by atoms with E-state index in [-0.39, 0.29) is 11.6 Å². The molecular formula is C11H10FN3OS2. The first-order valence-electron chi connectivity index (χ1n) is 5.00. The van der Waals surface area contributed by atoms with Gasteiger partial charge in [0.1, 0.15) is 16.5 Å². The van der Waals surface area contributed by atoms with Crippen LogP contribution < -0.4 is 11.5 Å². The number of amides is 1. The summed E-state index contributed by atoms with van der Waals surface area (Å²) in [5, 5.41) is 0.423. The van der Waals surface area contributed by atoms with Gasteiger partial charge in [0.15, 0.2) is 4.34 Å². The van der Waals surface area contributed by atoms with Crippen LogP contribution in [-0.4, -0.2) is 16.6 Å². The van der Waals surface area contributed by atoms with Crippen molar-refractivity contribution in [1.29, 1.82) is 0 Å². The Labute approximate surface area is 111 Å². The van der Waals surface area contributed by atoms with Crippen LogP contribution in [0.2, 0.25) is 0 Å². The topological polar surface area (TPSA) is 82.0 Å². The molecule has 0 unspecified atom stereocenters. The number of nitrogens with zero attached hydrogens (tertiary/aromatic N) is 1. The van der Waals surface area contributed by atoms with Crippen LogP contribution in [0.25, 0.3) is 11.3 Å². The van der Waals surface area contributed by atoms with Crippen molar-refractivity contribution in [2.45, 2.75) is 4.34 Å². The third-order valence-corrected chi connectivity index (χ3v) is 4.15. The molecule has 0 saturated carbocycles. The van der Waals surface area contributed by atoms with Gasteiger partial charge in [0.05, 0.1) is 5.75 Å². The van der Waals surface area contributed by atoms with Gasteiger partial charge in [0.25, 0.3) is 0 Å². The van der Waals surface area contributed by atoms with E-state index in [1.807, 2.05) is 0 Å². The molecule has 1 aromatic heterocycles. The van der Waals surface area contributed by atoms with Crippen molar-refractivity contribution in [3.8, 4) is 11.3 Å². The number of aromatic nitrogens is 1. The van der Waals surface area contributed by atoms with E-state index < -0.39 is 5.91 Å². The molecule has 0 aliphatic carbocycles. The average molecular weight is 283 g/mol. The van der Waals surface area contributed by atoms with Crippen molar-refractivity contribution in [3.63, 3.8) is 0 Å². The highest BCUT2D eigenvalue weighted by molar-refractivity contribution is 8.01. The summed E-state index contributed by atoms with van der Waals surface area (Å²) in [4.78, 5) is 14.9. The molecule has 0 aliphatic rings. The molecule has 0 aliphatic heterocycles. The standard InChI is InChI=1S/C11H10FN3OS2/c12-7-4-2-1-3-6(7)9-10(14)18-11(15-9)17-5-8(13)16/h1-4H,5,14H2,(H2,13,16). The Kier molecular flexibility index (Phi) is 3.83. The fourth-order valence-electron chi connectivity index (χ4n) is 1.35. The number of nitrogens with two attached hydrogens (primary N) is 2. The van der Waals surface area contributed by atoms with Gasteiger partial charge in [-0.25, -0.2) is 9.37 Å². The number of thioether (sulfide) groups is 1. The number of thiazole rings is 1. The van der Waals surface area contributed by atoms with Crippen LogP contribution >= 0.6 is 23.1 Å². The van der Waals surface area contributed by atoms with Gasteiger partial charge in [-0.1, -0.05) is 35.2 Å². The average Bonchev–Trinajstić information content (AvgIpc) is 2.69. The lowest BCUT2D eigenvalue weighted by Gasteiger charge is -1.99. The summed E-state index contributed by atoms with van der Waals surface area (Å²) in [7, 11) is 0. The Morgan fingerprint density at radius 3 is 2.83 bits per heavy atom. The summed E-state index contributed by atoms with van der Waals surface area (Å²) in [5.74, 6) is -0.675. The molecule has 0 spiro atoms. The molecular weight excluding hydrogens is 273 g/mol. The van der Waals surface area contributed by atoms with Crippen LogP contribution in [0.4, 0.5) is 9.39 Å². The zero-order valence-electron chi connectivity index (χ0n) is 9.22. The van der Waals surface area contributed by atoms with Gasteiger partial charge in [-0.2, -0.15) is 0 Å². The maximum absolute atomic E-state index is 13.6. The molecule has 1 amide bonds. The van der Waals surface area contributed by atoms with Crippen molar-refractivity contribution in [3.05, 3.63) is 30.1 Å². The minimum atomic E-state index is -0.429. The number of carbonyl (C=O) groups is 1. The molecule has 0 bridgehead atoms. The van der Waals surface area contributed by atoms with Gasteiger partial charge in [-0.3, -0.25) is 4.79 Å². The minimum absolute atomic E-state index is 0.129. The largest absolute Gasteiger partial charge is 0.389 e. The monoisotopic (exact) mass is 283 g/mol. The van der Waals surface area contributed by atoms with Crippen molar-refractivity contribution in [2.75, 3.05) is 11.5 Å². The first-order valence-corrected chi connectivity index (χ1v) is 6.80. The third-order valence-electron chi connectivity index (χ3n) is 2.10. The fraction of sp³-hybridized carbons (Fsp3) is 0.0909. The van der Waals surface area contributed by atoms with E-state index in [4.69, 9.17) is 11.5 Å². The SMILES string of the molecule is NC(=O)CSc1nc(-c2ccccc2F)c(N)s1. The van der Waals surface area contributed by atoms with Gasteiger partial charge >= 0.3 is 0 Å². The minimum Gasteiger partial charge on any atom is -0.389 e. The zero-order valence-corrected chi connectivity index (χ0v) is 10.9.